The van der Waals surface area contributed by atoms with Gasteiger partial charge in [-0.25, -0.2) is 0 Å². The van der Waals surface area contributed by atoms with E-state index in [-0.39, 0.29) is 58.6 Å². The number of carbonyl (C=O) groups is 2. The molecular weight excluding hydrogens is 530 g/mol. The molecule has 1 saturated heterocycles. The SMILES string of the molecule is CC(=C(CO)[C@]1(O)Cc2c(O)c3c(c(O)c2[C@@H](O[C@H]2C[C@H](N)[C@H](O)[C@H](C)O2)C1)C(=O)c1ccccc1C3=O)C(C)C. The molecule has 0 saturated carbocycles. The van der Waals surface area contributed by atoms with Gasteiger partial charge in [0.25, 0.3) is 0 Å². The third-order valence-corrected chi connectivity index (χ3v) is 8.90. The van der Waals surface area contributed by atoms with Crippen molar-refractivity contribution in [1.82, 2.24) is 0 Å². The second-order valence-corrected chi connectivity index (χ2v) is 11.7. The summed E-state index contributed by atoms with van der Waals surface area (Å²) in [6.45, 7) is 6.81. The average Bonchev–Trinajstić information content (AvgIpc) is 2.92. The fraction of sp³-hybridized carbons (Fsp3) is 0.484. The summed E-state index contributed by atoms with van der Waals surface area (Å²) in [5.74, 6) is -2.32. The van der Waals surface area contributed by atoms with Crippen LogP contribution in [0.3, 0.4) is 0 Å². The van der Waals surface area contributed by atoms with E-state index in [1.54, 1.807) is 26.0 Å². The summed E-state index contributed by atoms with van der Waals surface area (Å²) in [7, 11) is 0. The largest absolute Gasteiger partial charge is 0.507 e. The van der Waals surface area contributed by atoms with Gasteiger partial charge in [-0.15, -0.1) is 0 Å². The molecule has 2 aromatic carbocycles. The Balaban J connectivity index is 1.71. The van der Waals surface area contributed by atoms with Crippen molar-refractivity contribution in [3.8, 4) is 11.5 Å². The zero-order valence-corrected chi connectivity index (χ0v) is 23.5. The van der Waals surface area contributed by atoms with Crippen LogP contribution >= 0.6 is 0 Å². The predicted octanol–water partition coefficient (Wildman–Crippen LogP) is 2.40. The van der Waals surface area contributed by atoms with Gasteiger partial charge in [0.1, 0.15) is 11.5 Å². The molecule has 3 aliphatic rings. The van der Waals surface area contributed by atoms with Gasteiger partial charge < -0.3 is 40.7 Å². The van der Waals surface area contributed by atoms with Gasteiger partial charge in [0.05, 0.1) is 41.6 Å². The van der Waals surface area contributed by atoms with Gasteiger partial charge in [0.15, 0.2) is 17.9 Å². The highest BCUT2D eigenvalue weighted by Gasteiger charge is 2.49. The lowest BCUT2D eigenvalue weighted by atomic mass is 9.69. The number of ether oxygens (including phenoxy) is 2. The molecule has 2 aliphatic carbocycles. The average molecular weight is 568 g/mol. The lowest BCUT2D eigenvalue weighted by molar-refractivity contribution is -0.246. The number of rotatable bonds is 5. The van der Waals surface area contributed by atoms with Crippen LogP contribution in [-0.4, -0.2) is 73.8 Å². The molecule has 220 valence electrons. The van der Waals surface area contributed by atoms with E-state index in [1.165, 1.54) is 12.1 Å². The van der Waals surface area contributed by atoms with Gasteiger partial charge in [-0.2, -0.15) is 0 Å². The molecule has 7 N–H and O–H groups in total. The van der Waals surface area contributed by atoms with Crippen LogP contribution in [-0.2, 0) is 15.9 Å². The lowest BCUT2D eigenvalue weighted by Crippen LogP contribution is -2.52. The minimum Gasteiger partial charge on any atom is -0.507 e. The fourth-order valence-corrected chi connectivity index (χ4v) is 6.37. The van der Waals surface area contributed by atoms with Crippen LogP contribution in [0.1, 0.15) is 89.6 Å². The number of benzene rings is 2. The number of aromatic hydroxyl groups is 2. The van der Waals surface area contributed by atoms with Crippen molar-refractivity contribution in [2.24, 2.45) is 11.7 Å². The molecule has 41 heavy (non-hydrogen) atoms. The number of phenols is 2. The molecule has 5 rings (SSSR count). The van der Waals surface area contributed by atoms with Gasteiger partial charge in [0.2, 0.25) is 0 Å². The molecule has 1 fully saturated rings. The number of aliphatic hydroxyl groups excluding tert-OH is 2. The van der Waals surface area contributed by atoms with Gasteiger partial charge in [-0.1, -0.05) is 43.7 Å². The molecule has 0 aromatic heterocycles. The Kier molecular flexibility index (Phi) is 7.60. The molecule has 0 amide bonds. The summed E-state index contributed by atoms with van der Waals surface area (Å²) in [5.41, 5.74) is 5.08. The Bertz CT molecular complexity index is 1440. The van der Waals surface area contributed by atoms with Crippen LogP contribution in [0.5, 0.6) is 11.5 Å². The number of carbonyl (C=O) groups excluding carboxylic acids is 2. The topological polar surface area (TPSA) is 180 Å². The maximum absolute atomic E-state index is 13.6. The number of ketones is 2. The van der Waals surface area contributed by atoms with Crippen molar-refractivity contribution in [2.75, 3.05) is 6.61 Å². The smallest absolute Gasteiger partial charge is 0.198 e. The number of hydrogen-bond donors (Lipinski definition) is 6. The number of nitrogens with two attached hydrogens (primary N) is 1. The van der Waals surface area contributed by atoms with E-state index >= 15 is 0 Å². The van der Waals surface area contributed by atoms with Crippen LogP contribution in [0, 0.1) is 5.92 Å². The Morgan fingerprint density at radius 3 is 2.24 bits per heavy atom. The van der Waals surface area contributed by atoms with Gasteiger partial charge in [-0.05, 0) is 25.3 Å². The van der Waals surface area contributed by atoms with Crippen LogP contribution in [0.25, 0.3) is 0 Å². The second kappa shape index (κ2) is 10.6. The number of allylic oxidation sites excluding steroid dienone is 1. The minimum atomic E-state index is -1.74. The van der Waals surface area contributed by atoms with Crippen molar-refractivity contribution in [3.63, 3.8) is 0 Å². The van der Waals surface area contributed by atoms with E-state index in [1.807, 2.05) is 13.8 Å². The monoisotopic (exact) mass is 567 g/mol. The van der Waals surface area contributed by atoms with Crippen molar-refractivity contribution >= 4 is 11.6 Å². The molecule has 10 heteroatoms. The highest BCUT2D eigenvalue weighted by molar-refractivity contribution is 6.30. The first-order valence-corrected chi connectivity index (χ1v) is 13.9. The van der Waals surface area contributed by atoms with E-state index < -0.39 is 65.9 Å². The first-order valence-electron chi connectivity index (χ1n) is 13.9. The molecule has 0 bridgehead atoms. The van der Waals surface area contributed by atoms with Gasteiger partial charge in [0, 0.05) is 47.6 Å². The Morgan fingerprint density at radius 1 is 1.12 bits per heavy atom. The van der Waals surface area contributed by atoms with Crippen LogP contribution < -0.4 is 5.73 Å². The minimum absolute atomic E-state index is 0.0230. The highest BCUT2D eigenvalue weighted by Crippen LogP contribution is 2.53. The third-order valence-electron chi connectivity index (χ3n) is 8.90. The lowest BCUT2D eigenvalue weighted by Gasteiger charge is -2.44. The van der Waals surface area contributed by atoms with Gasteiger partial charge in [-0.3, -0.25) is 9.59 Å². The quantitative estimate of drug-likeness (QED) is 0.198. The molecule has 1 heterocycles. The molecule has 0 unspecified atom stereocenters. The first kappa shape index (κ1) is 29.4. The number of phenolic OH excluding ortho intramolecular Hbond substituents is 2. The summed E-state index contributed by atoms with van der Waals surface area (Å²) in [6, 6.07) is 5.51. The van der Waals surface area contributed by atoms with E-state index in [0.717, 1.165) is 5.57 Å². The normalized spacial score (nSPS) is 30.0. The van der Waals surface area contributed by atoms with Crippen molar-refractivity contribution < 1.29 is 44.6 Å². The zero-order chi connectivity index (χ0) is 30.0. The Labute approximate surface area is 238 Å². The van der Waals surface area contributed by atoms with E-state index in [2.05, 4.69) is 0 Å². The van der Waals surface area contributed by atoms with Crippen molar-refractivity contribution in [3.05, 3.63) is 68.8 Å². The maximum atomic E-state index is 13.6. The molecule has 0 radical (unpaired) electrons. The first-order chi connectivity index (χ1) is 19.3. The van der Waals surface area contributed by atoms with E-state index in [0.29, 0.717) is 5.57 Å². The number of aliphatic hydroxyl groups is 3. The Hall–Kier alpha value is -3.12. The third kappa shape index (κ3) is 4.68. The summed E-state index contributed by atoms with van der Waals surface area (Å²) in [4.78, 5) is 27.1. The Morgan fingerprint density at radius 2 is 1.71 bits per heavy atom. The second-order valence-electron chi connectivity index (χ2n) is 11.7. The molecule has 10 nitrogen and oxygen atoms in total. The van der Waals surface area contributed by atoms with E-state index in [4.69, 9.17) is 15.2 Å². The molecule has 0 spiro atoms. The maximum Gasteiger partial charge on any atom is 0.198 e. The van der Waals surface area contributed by atoms with Crippen LogP contribution in [0.4, 0.5) is 0 Å². The van der Waals surface area contributed by atoms with Gasteiger partial charge >= 0.3 is 0 Å². The molecule has 1 aliphatic heterocycles. The fourth-order valence-electron chi connectivity index (χ4n) is 6.37. The van der Waals surface area contributed by atoms with Crippen molar-refractivity contribution in [2.45, 2.75) is 83.2 Å². The van der Waals surface area contributed by atoms with Crippen LogP contribution in [0.15, 0.2) is 35.4 Å². The van der Waals surface area contributed by atoms with Crippen molar-refractivity contribution in [1.29, 1.82) is 0 Å². The summed E-state index contributed by atoms with van der Waals surface area (Å²) in [5, 5.41) is 55.9. The molecule has 6 atom stereocenters. The predicted molar refractivity (Wildman–Crippen MR) is 148 cm³/mol. The molecule has 2 aromatic rings. The highest BCUT2D eigenvalue weighted by atomic mass is 16.7. The zero-order valence-electron chi connectivity index (χ0n) is 23.5. The standard InChI is InChI=1S/C31H37NO9/c1-13(2)14(3)19(12-33)31(39)10-18-23(21(11-31)41-22-9-20(32)26(34)15(4)40-22)30(38)25-24(29(18)37)27(35)16-7-5-6-8-17(16)28(25)36/h5-8,13,15,20-22,26,33-34,37-39H,9-12,32H2,1-4H3/t15-,20-,21-,22-,26+,31-/m0/s1. The number of hydrogen-bond acceptors (Lipinski definition) is 10. The number of fused-ring (bicyclic) bond motifs is 3. The molecular formula is C31H37NO9. The van der Waals surface area contributed by atoms with Crippen LogP contribution in [0.2, 0.25) is 0 Å². The summed E-state index contributed by atoms with van der Waals surface area (Å²) >= 11 is 0. The van der Waals surface area contributed by atoms with E-state index in [9.17, 15) is 35.1 Å². The summed E-state index contributed by atoms with van der Waals surface area (Å²) in [6.07, 6.45) is -3.98. The summed E-state index contributed by atoms with van der Waals surface area (Å²) < 4.78 is 12.1.